The minimum Gasteiger partial charge on any atom is -0.490 e. The van der Waals surface area contributed by atoms with Crippen molar-refractivity contribution in [1.29, 1.82) is 0 Å². The molecular weight excluding hydrogens is 249 g/mol. The maximum absolute atomic E-state index is 12.1. The number of hydrogen-bond donors (Lipinski definition) is 2. The van der Waals surface area contributed by atoms with E-state index in [1.807, 2.05) is 0 Å². The quantitative estimate of drug-likeness (QED) is 0.877. The standard InChI is InChI=1S/C12H15F3O3/c1-7-3-4-9(8(2)16)10(5-7)18-6-11(17)12(13,14)15/h3-5,8,11,16-17H,6H2,1-2H3. The fraction of sp³-hybridized carbons (Fsp3) is 0.500. The van der Waals surface area contributed by atoms with Gasteiger partial charge in [-0.25, -0.2) is 0 Å². The van der Waals surface area contributed by atoms with E-state index in [2.05, 4.69) is 0 Å². The summed E-state index contributed by atoms with van der Waals surface area (Å²) in [5, 5.41) is 18.3. The van der Waals surface area contributed by atoms with Crippen molar-refractivity contribution < 1.29 is 28.1 Å². The Morgan fingerprint density at radius 1 is 1.28 bits per heavy atom. The lowest BCUT2D eigenvalue weighted by Crippen LogP contribution is -2.34. The SMILES string of the molecule is Cc1ccc(C(C)O)c(OCC(O)C(F)(F)F)c1. The van der Waals surface area contributed by atoms with Crippen molar-refractivity contribution in [2.24, 2.45) is 0 Å². The fourth-order valence-corrected chi connectivity index (χ4v) is 1.37. The summed E-state index contributed by atoms with van der Waals surface area (Å²) in [7, 11) is 0. The lowest BCUT2D eigenvalue weighted by Gasteiger charge is -2.18. The van der Waals surface area contributed by atoms with Crippen LogP contribution in [0.5, 0.6) is 5.75 Å². The molecule has 0 aliphatic rings. The van der Waals surface area contributed by atoms with Crippen molar-refractivity contribution in [3.63, 3.8) is 0 Å². The number of aliphatic hydroxyl groups is 2. The summed E-state index contributed by atoms with van der Waals surface area (Å²) in [5.41, 5.74) is 1.17. The monoisotopic (exact) mass is 264 g/mol. The van der Waals surface area contributed by atoms with E-state index in [1.54, 1.807) is 19.1 Å². The third kappa shape index (κ3) is 3.89. The number of aliphatic hydroxyl groups excluding tert-OH is 2. The third-order valence-electron chi connectivity index (χ3n) is 2.39. The van der Waals surface area contributed by atoms with E-state index in [1.165, 1.54) is 13.0 Å². The first-order valence-electron chi connectivity index (χ1n) is 5.38. The Labute approximate surface area is 103 Å². The molecule has 6 heteroatoms. The molecule has 2 unspecified atom stereocenters. The summed E-state index contributed by atoms with van der Waals surface area (Å²) in [6, 6.07) is 4.82. The normalized spacial score (nSPS) is 15.3. The molecule has 0 fully saturated rings. The molecule has 0 bridgehead atoms. The smallest absolute Gasteiger partial charge is 0.417 e. The molecular formula is C12H15F3O3. The van der Waals surface area contributed by atoms with Crippen LogP contribution in [0.15, 0.2) is 18.2 Å². The molecule has 1 aromatic carbocycles. The maximum Gasteiger partial charge on any atom is 0.417 e. The minimum atomic E-state index is -4.71. The van der Waals surface area contributed by atoms with E-state index >= 15 is 0 Å². The van der Waals surface area contributed by atoms with Crippen LogP contribution in [-0.4, -0.2) is 29.1 Å². The molecule has 18 heavy (non-hydrogen) atoms. The number of alkyl halides is 3. The number of halogens is 3. The lowest BCUT2D eigenvalue weighted by atomic mass is 10.1. The maximum atomic E-state index is 12.1. The number of ether oxygens (including phenoxy) is 1. The molecule has 102 valence electrons. The van der Waals surface area contributed by atoms with Crippen LogP contribution in [0.4, 0.5) is 13.2 Å². The van der Waals surface area contributed by atoms with E-state index in [0.29, 0.717) is 5.56 Å². The molecule has 0 radical (unpaired) electrons. The predicted octanol–water partition coefficient (Wildman–Crippen LogP) is 2.35. The Hall–Kier alpha value is -1.27. The van der Waals surface area contributed by atoms with E-state index < -0.39 is 25.0 Å². The van der Waals surface area contributed by atoms with Gasteiger partial charge in [-0.15, -0.1) is 0 Å². The predicted molar refractivity (Wildman–Crippen MR) is 59.4 cm³/mol. The average Bonchev–Trinajstić information content (AvgIpc) is 2.24. The van der Waals surface area contributed by atoms with Gasteiger partial charge in [-0.2, -0.15) is 13.2 Å². The Morgan fingerprint density at radius 2 is 1.89 bits per heavy atom. The number of rotatable bonds is 4. The summed E-state index contributed by atoms with van der Waals surface area (Å²) in [6.45, 7) is 2.34. The highest BCUT2D eigenvalue weighted by atomic mass is 19.4. The van der Waals surface area contributed by atoms with Gasteiger partial charge in [-0.05, 0) is 25.5 Å². The van der Waals surface area contributed by atoms with Gasteiger partial charge in [-0.3, -0.25) is 0 Å². The van der Waals surface area contributed by atoms with Crippen molar-refractivity contribution in [2.45, 2.75) is 32.2 Å². The first-order chi connectivity index (χ1) is 8.21. The zero-order valence-electron chi connectivity index (χ0n) is 10.0. The Bertz CT molecular complexity index is 402. The van der Waals surface area contributed by atoms with Gasteiger partial charge in [0.15, 0.2) is 6.10 Å². The second-order valence-corrected chi connectivity index (χ2v) is 4.09. The van der Waals surface area contributed by atoms with Gasteiger partial charge < -0.3 is 14.9 Å². The second kappa shape index (κ2) is 5.58. The van der Waals surface area contributed by atoms with Crippen LogP contribution >= 0.6 is 0 Å². The molecule has 3 nitrogen and oxygen atoms in total. The first-order valence-corrected chi connectivity index (χ1v) is 5.38. The van der Waals surface area contributed by atoms with Crippen LogP contribution < -0.4 is 4.74 Å². The molecule has 0 amide bonds. The summed E-state index contributed by atoms with van der Waals surface area (Å²) in [5.74, 6) is 0.147. The average molecular weight is 264 g/mol. The third-order valence-corrected chi connectivity index (χ3v) is 2.39. The highest BCUT2D eigenvalue weighted by Gasteiger charge is 2.38. The molecule has 0 aliphatic carbocycles. The largest absolute Gasteiger partial charge is 0.490 e. The van der Waals surface area contributed by atoms with Crippen LogP contribution in [0.1, 0.15) is 24.2 Å². The van der Waals surface area contributed by atoms with Crippen LogP contribution in [0.25, 0.3) is 0 Å². The topological polar surface area (TPSA) is 49.7 Å². The number of benzene rings is 1. The van der Waals surface area contributed by atoms with Gasteiger partial charge in [0.05, 0.1) is 6.10 Å². The molecule has 0 saturated carbocycles. The molecule has 2 atom stereocenters. The number of aryl methyl sites for hydroxylation is 1. The van der Waals surface area contributed by atoms with Crippen LogP contribution in [-0.2, 0) is 0 Å². The Balaban J connectivity index is 2.81. The Kier molecular flexibility index (Phi) is 4.59. The van der Waals surface area contributed by atoms with Gasteiger partial charge in [-0.1, -0.05) is 12.1 Å². The summed E-state index contributed by atoms with van der Waals surface area (Å²) < 4.78 is 41.3. The highest BCUT2D eigenvalue weighted by Crippen LogP contribution is 2.27. The van der Waals surface area contributed by atoms with Crippen LogP contribution in [0, 0.1) is 6.92 Å². The fourth-order valence-electron chi connectivity index (χ4n) is 1.37. The molecule has 1 rings (SSSR count). The van der Waals surface area contributed by atoms with E-state index in [0.717, 1.165) is 5.56 Å². The van der Waals surface area contributed by atoms with Gasteiger partial charge in [0, 0.05) is 5.56 Å². The Morgan fingerprint density at radius 3 is 2.39 bits per heavy atom. The molecule has 0 aromatic heterocycles. The molecule has 2 N–H and O–H groups in total. The first kappa shape index (κ1) is 14.8. The second-order valence-electron chi connectivity index (χ2n) is 4.09. The molecule has 0 saturated heterocycles. The van der Waals surface area contributed by atoms with Gasteiger partial charge in [0.1, 0.15) is 12.4 Å². The summed E-state index contributed by atoms with van der Waals surface area (Å²) in [6.07, 6.45) is -8.11. The number of hydrogen-bond acceptors (Lipinski definition) is 3. The summed E-state index contributed by atoms with van der Waals surface area (Å²) in [4.78, 5) is 0. The minimum absolute atomic E-state index is 0.147. The van der Waals surface area contributed by atoms with E-state index in [9.17, 15) is 18.3 Å². The molecule has 1 aromatic rings. The van der Waals surface area contributed by atoms with Crippen LogP contribution in [0.2, 0.25) is 0 Å². The molecule has 0 heterocycles. The van der Waals surface area contributed by atoms with Crippen molar-refractivity contribution >= 4 is 0 Å². The van der Waals surface area contributed by atoms with E-state index in [4.69, 9.17) is 9.84 Å². The van der Waals surface area contributed by atoms with Crippen molar-refractivity contribution in [3.8, 4) is 5.75 Å². The summed E-state index contributed by atoms with van der Waals surface area (Å²) >= 11 is 0. The van der Waals surface area contributed by atoms with Crippen molar-refractivity contribution in [1.82, 2.24) is 0 Å². The highest BCUT2D eigenvalue weighted by molar-refractivity contribution is 5.38. The van der Waals surface area contributed by atoms with Crippen molar-refractivity contribution in [2.75, 3.05) is 6.61 Å². The van der Waals surface area contributed by atoms with Gasteiger partial charge in [0.25, 0.3) is 0 Å². The van der Waals surface area contributed by atoms with Crippen molar-refractivity contribution in [3.05, 3.63) is 29.3 Å². The zero-order chi connectivity index (χ0) is 13.9. The molecule has 0 spiro atoms. The van der Waals surface area contributed by atoms with E-state index in [-0.39, 0.29) is 5.75 Å². The van der Waals surface area contributed by atoms with Gasteiger partial charge >= 0.3 is 6.18 Å². The molecule has 0 aliphatic heterocycles. The zero-order valence-corrected chi connectivity index (χ0v) is 10.0. The van der Waals surface area contributed by atoms with Gasteiger partial charge in [0.2, 0.25) is 0 Å². The lowest BCUT2D eigenvalue weighted by molar-refractivity contribution is -0.210. The van der Waals surface area contributed by atoms with Crippen LogP contribution in [0.3, 0.4) is 0 Å².